The first-order valence-corrected chi connectivity index (χ1v) is 8.08. The van der Waals surface area contributed by atoms with Gasteiger partial charge in [0.05, 0.1) is 6.54 Å². The quantitative estimate of drug-likeness (QED) is 0.912. The molecule has 0 bridgehead atoms. The van der Waals surface area contributed by atoms with E-state index in [0.29, 0.717) is 18.6 Å². The minimum atomic E-state index is 0.0983. The van der Waals surface area contributed by atoms with Crippen molar-refractivity contribution < 1.29 is 0 Å². The maximum absolute atomic E-state index is 12.2. The molecule has 2 heterocycles. The summed E-state index contributed by atoms with van der Waals surface area (Å²) in [6.07, 6.45) is 6.77. The summed E-state index contributed by atoms with van der Waals surface area (Å²) >= 11 is 0. The Balaban J connectivity index is 1.78. The van der Waals surface area contributed by atoms with Crippen LogP contribution < -0.4 is 10.9 Å². The molecule has 0 spiro atoms. The predicted octanol–water partition coefficient (Wildman–Crippen LogP) is 1.60. The molecule has 1 aliphatic carbocycles. The number of aromatic nitrogens is 3. The molecule has 0 unspecified atom stereocenters. The Bertz CT molecular complexity index is 672. The van der Waals surface area contributed by atoms with Gasteiger partial charge in [0.15, 0.2) is 0 Å². The Labute approximate surface area is 131 Å². The van der Waals surface area contributed by atoms with Crippen LogP contribution in [0.5, 0.6) is 0 Å². The van der Waals surface area contributed by atoms with E-state index in [0.717, 1.165) is 25.8 Å². The Morgan fingerprint density at radius 1 is 1.36 bits per heavy atom. The number of pyridine rings is 1. The van der Waals surface area contributed by atoms with Crippen LogP contribution in [0.25, 0.3) is 0 Å². The van der Waals surface area contributed by atoms with Crippen LogP contribution in [-0.2, 0) is 25.9 Å². The number of fused-ring (bicyclic) bond motifs is 1. The molecule has 0 amide bonds. The number of nitrogens with zero attached hydrogens (tertiary/aromatic N) is 3. The van der Waals surface area contributed by atoms with Gasteiger partial charge in [-0.1, -0.05) is 19.9 Å². The third-order valence-corrected chi connectivity index (χ3v) is 4.27. The molecule has 1 atom stereocenters. The zero-order valence-electron chi connectivity index (χ0n) is 13.3. The maximum Gasteiger partial charge on any atom is 0.250 e. The van der Waals surface area contributed by atoms with Crippen molar-refractivity contribution in [1.82, 2.24) is 19.7 Å². The Kier molecular flexibility index (Phi) is 4.43. The SMILES string of the molecule is CC(C)N[C@@H]1CCc2c(ccc(=O)n2CCn2cccn2)C1. The number of rotatable bonds is 5. The molecule has 0 fully saturated rings. The molecule has 118 valence electrons. The van der Waals surface area contributed by atoms with Crippen LogP contribution in [0, 0.1) is 0 Å². The third kappa shape index (κ3) is 3.30. The minimum absolute atomic E-state index is 0.0983. The Hall–Kier alpha value is -1.88. The number of hydrogen-bond donors (Lipinski definition) is 1. The predicted molar refractivity (Wildman–Crippen MR) is 87.0 cm³/mol. The van der Waals surface area contributed by atoms with Gasteiger partial charge in [0.25, 0.3) is 5.56 Å². The van der Waals surface area contributed by atoms with Gasteiger partial charge in [0, 0.05) is 42.8 Å². The Morgan fingerprint density at radius 3 is 2.95 bits per heavy atom. The van der Waals surface area contributed by atoms with E-state index in [1.165, 1.54) is 11.3 Å². The molecule has 0 aliphatic heterocycles. The van der Waals surface area contributed by atoms with Gasteiger partial charge in [-0.3, -0.25) is 9.48 Å². The molecule has 1 N–H and O–H groups in total. The molecule has 0 aromatic carbocycles. The highest BCUT2D eigenvalue weighted by Gasteiger charge is 2.21. The fourth-order valence-electron chi connectivity index (χ4n) is 3.32. The lowest BCUT2D eigenvalue weighted by atomic mass is 9.91. The van der Waals surface area contributed by atoms with E-state index < -0.39 is 0 Å². The van der Waals surface area contributed by atoms with Crippen LogP contribution in [0.15, 0.2) is 35.4 Å². The van der Waals surface area contributed by atoms with Gasteiger partial charge in [-0.05, 0) is 30.9 Å². The standard InChI is InChI=1S/C17H24N4O/c1-13(2)19-15-5-6-16-14(12-15)4-7-17(22)21(16)11-10-20-9-3-8-18-20/h3-4,7-9,13,15,19H,5-6,10-12H2,1-2H3/t15-/m1/s1. The van der Waals surface area contributed by atoms with E-state index >= 15 is 0 Å². The summed E-state index contributed by atoms with van der Waals surface area (Å²) in [5.74, 6) is 0. The first-order chi connectivity index (χ1) is 10.6. The van der Waals surface area contributed by atoms with Crippen molar-refractivity contribution in [2.45, 2.75) is 58.3 Å². The van der Waals surface area contributed by atoms with E-state index in [4.69, 9.17) is 0 Å². The number of hydrogen-bond acceptors (Lipinski definition) is 3. The van der Waals surface area contributed by atoms with E-state index in [1.54, 1.807) is 12.3 Å². The molecular formula is C17H24N4O. The van der Waals surface area contributed by atoms with Crippen molar-refractivity contribution in [3.05, 3.63) is 52.2 Å². The molecule has 22 heavy (non-hydrogen) atoms. The molecule has 2 aromatic heterocycles. The molecule has 5 nitrogen and oxygen atoms in total. The fraction of sp³-hybridized carbons (Fsp3) is 0.529. The van der Waals surface area contributed by atoms with Crippen LogP contribution >= 0.6 is 0 Å². The van der Waals surface area contributed by atoms with Crippen molar-refractivity contribution in [3.8, 4) is 0 Å². The molecule has 2 aromatic rings. The van der Waals surface area contributed by atoms with Crippen LogP contribution in [0.2, 0.25) is 0 Å². The highest BCUT2D eigenvalue weighted by atomic mass is 16.1. The summed E-state index contributed by atoms with van der Waals surface area (Å²) in [5.41, 5.74) is 2.62. The van der Waals surface area contributed by atoms with Gasteiger partial charge < -0.3 is 9.88 Å². The highest BCUT2D eigenvalue weighted by molar-refractivity contribution is 5.25. The fourth-order valence-corrected chi connectivity index (χ4v) is 3.32. The summed E-state index contributed by atoms with van der Waals surface area (Å²) in [6, 6.07) is 6.64. The second-order valence-corrected chi connectivity index (χ2v) is 6.33. The zero-order chi connectivity index (χ0) is 15.5. The van der Waals surface area contributed by atoms with Gasteiger partial charge in [-0.25, -0.2) is 0 Å². The summed E-state index contributed by atoms with van der Waals surface area (Å²) in [5, 5.41) is 7.82. The van der Waals surface area contributed by atoms with Crippen molar-refractivity contribution >= 4 is 0 Å². The molecular weight excluding hydrogens is 276 g/mol. The average molecular weight is 300 g/mol. The molecule has 5 heteroatoms. The van der Waals surface area contributed by atoms with Crippen molar-refractivity contribution in [2.24, 2.45) is 0 Å². The molecule has 1 aliphatic rings. The molecule has 0 saturated carbocycles. The van der Waals surface area contributed by atoms with Crippen LogP contribution in [0.4, 0.5) is 0 Å². The highest BCUT2D eigenvalue weighted by Crippen LogP contribution is 2.20. The average Bonchev–Trinajstić information content (AvgIpc) is 2.99. The first-order valence-electron chi connectivity index (χ1n) is 8.08. The lowest BCUT2D eigenvalue weighted by Gasteiger charge is -2.29. The topological polar surface area (TPSA) is 51.9 Å². The van der Waals surface area contributed by atoms with Crippen LogP contribution in [0.3, 0.4) is 0 Å². The lowest BCUT2D eigenvalue weighted by molar-refractivity contribution is 0.405. The molecule has 0 saturated heterocycles. The van der Waals surface area contributed by atoms with Crippen molar-refractivity contribution in [3.63, 3.8) is 0 Å². The van der Waals surface area contributed by atoms with E-state index in [9.17, 15) is 4.79 Å². The van der Waals surface area contributed by atoms with Gasteiger partial charge in [0.1, 0.15) is 0 Å². The largest absolute Gasteiger partial charge is 0.311 e. The van der Waals surface area contributed by atoms with Gasteiger partial charge in [-0.15, -0.1) is 0 Å². The van der Waals surface area contributed by atoms with Crippen LogP contribution in [0.1, 0.15) is 31.5 Å². The smallest absolute Gasteiger partial charge is 0.250 e. The second kappa shape index (κ2) is 6.48. The number of aryl methyl sites for hydroxylation is 1. The normalized spacial score (nSPS) is 17.7. The van der Waals surface area contributed by atoms with Crippen molar-refractivity contribution in [2.75, 3.05) is 0 Å². The monoisotopic (exact) mass is 300 g/mol. The maximum atomic E-state index is 12.2. The minimum Gasteiger partial charge on any atom is -0.311 e. The van der Waals surface area contributed by atoms with Crippen LogP contribution in [-0.4, -0.2) is 26.4 Å². The lowest BCUT2D eigenvalue weighted by Crippen LogP contribution is -2.40. The van der Waals surface area contributed by atoms with Crippen molar-refractivity contribution in [1.29, 1.82) is 0 Å². The number of nitrogens with one attached hydrogen (secondary N) is 1. The first kappa shape index (κ1) is 15.0. The van der Waals surface area contributed by atoms with Gasteiger partial charge >= 0.3 is 0 Å². The second-order valence-electron chi connectivity index (χ2n) is 6.33. The summed E-state index contributed by atoms with van der Waals surface area (Å²) in [6.45, 7) is 5.78. The zero-order valence-corrected chi connectivity index (χ0v) is 13.3. The van der Waals surface area contributed by atoms with Gasteiger partial charge in [0.2, 0.25) is 0 Å². The Morgan fingerprint density at radius 2 is 2.23 bits per heavy atom. The van der Waals surface area contributed by atoms with Gasteiger partial charge in [-0.2, -0.15) is 5.10 Å². The summed E-state index contributed by atoms with van der Waals surface area (Å²) < 4.78 is 3.81. The molecule has 3 rings (SSSR count). The third-order valence-electron chi connectivity index (χ3n) is 4.27. The molecule has 0 radical (unpaired) electrons. The summed E-state index contributed by atoms with van der Waals surface area (Å²) in [4.78, 5) is 12.2. The van der Waals surface area contributed by atoms with E-state index in [1.807, 2.05) is 27.6 Å². The van der Waals surface area contributed by atoms with E-state index in [-0.39, 0.29) is 5.56 Å². The summed E-state index contributed by atoms with van der Waals surface area (Å²) in [7, 11) is 0. The van der Waals surface area contributed by atoms with E-state index in [2.05, 4.69) is 24.3 Å².